The van der Waals surface area contributed by atoms with Crippen molar-refractivity contribution in [2.24, 2.45) is 0 Å². The maximum absolute atomic E-state index is 11.4. The first-order chi connectivity index (χ1) is 9.47. The lowest BCUT2D eigenvalue weighted by atomic mass is 10.2. The summed E-state index contributed by atoms with van der Waals surface area (Å²) in [6, 6.07) is 0. The number of likely N-dealkylation sites (N-methyl/N-ethyl adjacent to an activating group) is 1. The Morgan fingerprint density at radius 2 is 2.15 bits per heavy atom. The molecule has 1 aromatic heterocycles. The van der Waals surface area contributed by atoms with Gasteiger partial charge in [0.15, 0.2) is 0 Å². The van der Waals surface area contributed by atoms with Gasteiger partial charge in [0.25, 0.3) is 5.56 Å². The minimum absolute atomic E-state index is 0.186. The third-order valence-corrected chi connectivity index (χ3v) is 3.80. The number of hydrogen-bond acceptors (Lipinski definition) is 5. The molecule has 0 radical (unpaired) electrons. The maximum Gasteiger partial charge on any atom is 0.285 e. The van der Waals surface area contributed by atoms with Crippen LogP contribution in [0.15, 0.2) is 11.0 Å². The molecule has 1 aliphatic heterocycles. The van der Waals surface area contributed by atoms with Gasteiger partial charge in [0.2, 0.25) is 0 Å². The maximum atomic E-state index is 11.4. The van der Waals surface area contributed by atoms with Crippen molar-refractivity contribution in [2.75, 3.05) is 38.1 Å². The molecule has 0 aliphatic carbocycles. The van der Waals surface area contributed by atoms with E-state index >= 15 is 0 Å². The molecule has 0 aromatic carbocycles. The van der Waals surface area contributed by atoms with Crippen LogP contribution in [-0.4, -0.2) is 60.5 Å². The van der Waals surface area contributed by atoms with Gasteiger partial charge in [-0.25, -0.2) is 5.10 Å². The molecule has 6 nitrogen and oxygen atoms in total. The van der Waals surface area contributed by atoms with E-state index in [0.717, 1.165) is 26.2 Å². The summed E-state index contributed by atoms with van der Waals surface area (Å²) in [4.78, 5) is 15.8. The minimum atomic E-state index is -0.357. The van der Waals surface area contributed by atoms with Crippen LogP contribution in [0.1, 0.15) is 13.8 Å². The Morgan fingerprint density at radius 3 is 2.80 bits per heavy atom. The standard InChI is InChI=1S/C13H21ClN4O2/c1-9-7-18(8-10(2)20-9)5-4-17(3)11-6-15-16-13(19)12(11)14/h6,9-10H,4-5,7-8H2,1-3H3,(H,16,19)/t9-,10+. The number of anilines is 1. The summed E-state index contributed by atoms with van der Waals surface area (Å²) in [5.74, 6) is 0. The van der Waals surface area contributed by atoms with Crippen molar-refractivity contribution in [3.63, 3.8) is 0 Å². The summed E-state index contributed by atoms with van der Waals surface area (Å²) >= 11 is 6.00. The van der Waals surface area contributed by atoms with Gasteiger partial charge in [0.05, 0.1) is 24.1 Å². The summed E-state index contributed by atoms with van der Waals surface area (Å²) in [5, 5.41) is 6.29. The molecule has 20 heavy (non-hydrogen) atoms. The van der Waals surface area contributed by atoms with E-state index in [1.807, 2.05) is 11.9 Å². The van der Waals surface area contributed by atoms with Gasteiger partial charge in [-0.2, -0.15) is 5.10 Å². The molecule has 1 N–H and O–H groups in total. The van der Waals surface area contributed by atoms with Crippen molar-refractivity contribution in [3.05, 3.63) is 21.6 Å². The van der Waals surface area contributed by atoms with Crippen LogP contribution in [0.25, 0.3) is 0 Å². The molecule has 2 atom stereocenters. The van der Waals surface area contributed by atoms with Gasteiger partial charge < -0.3 is 9.64 Å². The Morgan fingerprint density at radius 1 is 1.50 bits per heavy atom. The molecule has 1 fully saturated rings. The Bertz CT molecular complexity index is 497. The van der Waals surface area contributed by atoms with Gasteiger partial charge in [-0.15, -0.1) is 0 Å². The lowest BCUT2D eigenvalue weighted by Crippen LogP contribution is -2.47. The molecule has 0 amide bonds. The zero-order chi connectivity index (χ0) is 14.7. The van der Waals surface area contributed by atoms with E-state index < -0.39 is 0 Å². The number of nitrogens with one attached hydrogen (secondary N) is 1. The van der Waals surface area contributed by atoms with Crippen LogP contribution < -0.4 is 10.5 Å². The van der Waals surface area contributed by atoms with Crippen LogP contribution >= 0.6 is 11.6 Å². The molecular weight excluding hydrogens is 280 g/mol. The summed E-state index contributed by atoms with van der Waals surface area (Å²) in [5.41, 5.74) is 0.300. The summed E-state index contributed by atoms with van der Waals surface area (Å²) in [6.07, 6.45) is 2.09. The van der Waals surface area contributed by atoms with Crippen molar-refractivity contribution in [3.8, 4) is 0 Å². The molecule has 1 aliphatic rings. The molecule has 0 bridgehead atoms. The quantitative estimate of drug-likeness (QED) is 0.898. The molecule has 2 heterocycles. The Hall–Kier alpha value is -1.11. The zero-order valence-corrected chi connectivity index (χ0v) is 12.9. The van der Waals surface area contributed by atoms with E-state index in [0.29, 0.717) is 5.69 Å². The summed E-state index contributed by atoms with van der Waals surface area (Å²) in [6.45, 7) is 7.72. The third kappa shape index (κ3) is 3.71. The highest BCUT2D eigenvalue weighted by molar-refractivity contribution is 6.32. The van der Waals surface area contributed by atoms with Gasteiger partial charge in [0, 0.05) is 33.2 Å². The number of ether oxygens (including phenoxy) is 1. The van der Waals surface area contributed by atoms with Gasteiger partial charge in [-0.3, -0.25) is 9.69 Å². The van der Waals surface area contributed by atoms with E-state index in [4.69, 9.17) is 16.3 Å². The number of rotatable bonds is 4. The molecule has 2 rings (SSSR count). The molecule has 7 heteroatoms. The first kappa shape index (κ1) is 15.3. The fraction of sp³-hybridized carbons (Fsp3) is 0.692. The highest BCUT2D eigenvalue weighted by Crippen LogP contribution is 2.19. The highest BCUT2D eigenvalue weighted by atomic mass is 35.5. The Balaban J connectivity index is 1.93. The number of halogens is 1. The molecular formula is C13H21ClN4O2. The Labute approximate surface area is 123 Å². The third-order valence-electron chi connectivity index (χ3n) is 3.44. The molecule has 1 saturated heterocycles. The fourth-order valence-electron chi connectivity index (χ4n) is 2.52. The molecule has 112 valence electrons. The first-order valence-corrected chi connectivity index (χ1v) is 7.17. The summed E-state index contributed by atoms with van der Waals surface area (Å²) < 4.78 is 5.71. The van der Waals surface area contributed by atoms with Crippen molar-refractivity contribution >= 4 is 17.3 Å². The second-order valence-corrected chi connectivity index (χ2v) is 5.71. The molecule has 0 saturated carbocycles. The predicted octanol–water partition coefficient (Wildman–Crippen LogP) is 0.969. The minimum Gasteiger partial charge on any atom is -0.373 e. The number of aromatic nitrogens is 2. The lowest BCUT2D eigenvalue weighted by Gasteiger charge is -2.36. The van der Waals surface area contributed by atoms with E-state index in [9.17, 15) is 4.79 Å². The highest BCUT2D eigenvalue weighted by Gasteiger charge is 2.22. The fourth-order valence-corrected chi connectivity index (χ4v) is 2.75. The predicted molar refractivity (Wildman–Crippen MR) is 79.6 cm³/mol. The SMILES string of the molecule is C[C@@H]1CN(CCN(C)c2cn[nH]c(=O)c2Cl)C[C@H](C)O1. The van der Waals surface area contributed by atoms with Crippen LogP contribution in [0, 0.1) is 0 Å². The van der Waals surface area contributed by atoms with Gasteiger partial charge in [-0.05, 0) is 13.8 Å². The van der Waals surface area contributed by atoms with Crippen molar-refractivity contribution < 1.29 is 4.74 Å². The van der Waals surface area contributed by atoms with E-state index in [-0.39, 0.29) is 22.8 Å². The monoisotopic (exact) mass is 300 g/mol. The van der Waals surface area contributed by atoms with Crippen molar-refractivity contribution in [2.45, 2.75) is 26.1 Å². The second kappa shape index (κ2) is 6.56. The number of H-pyrrole nitrogens is 1. The van der Waals surface area contributed by atoms with E-state index in [1.54, 1.807) is 6.20 Å². The van der Waals surface area contributed by atoms with Gasteiger partial charge in [0.1, 0.15) is 5.02 Å². The van der Waals surface area contributed by atoms with Gasteiger partial charge in [-0.1, -0.05) is 11.6 Å². The van der Waals surface area contributed by atoms with Crippen LogP contribution in [0.5, 0.6) is 0 Å². The number of morpholine rings is 1. The summed E-state index contributed by atoms with van der Waals surface area (Å²) in [7, 11) is 1.91. The topological polar surface area (TPSA) is 61.5 Å². The van der Waals surface area contributed by atoms with Crippen molar-refractivity contribution in [1.29, 1.82) is 0 Å². The van der Waals surface area contributed by atoms with E-state index in [2.05, 4.69) is 28.9 Å². The average molecular weight is 301 g/mol. The zero-order valence-electron chi connectivity index (χ0n) is 12.1. The van der Waals surface area contributed by atoms with Crippen LogP contribution in [0.3, 0.4) is 0 Å². The normalized spacial score (nSPS) is 23.8. The first-order valence-electron chi connectivity index (χ1n) is 6.79. The van der Waals surface area contributed by atoms with E-state index in [1.165, 1.54) is 0 Å². The number of aromatic amines is 1. The number of hydrogen-bond donors (Lipinski definition) is 1. The second-order valence-electron chi connectivity index (χ2n) is 5.34. The van der Waals surface area contributed by atoms with Gasteiger partial charge >= 0.3 is 0 Å². The Kier molecular flexibility index (Phi) is 5.01. The smallest absolute Gasteiger partial charge is 0.285 e. The molecule has 0 unspecified atom stereocenters. The molecule has 0 spiro atoms. The van der Waals surface area contributed by atoms with Crippen LogP contribution in [0.4, 0.5) is 5.69 Å². The largest absolute Gasteiger partial charge is 0.373 e. The molecule has 1 aromatic rings. The lowest BCUT2D eigenvalue weighted by molar-refractivity contribution is -0.0670. The average Bonchev–Trinajstić information content (AvgIpc) is 2.38. The van der Waals surface area contributed by atoms with Crippen LogP contribution in [0.2, 0.25) is 5.02 Å². The van der Waals surface area contributed by atoms with Crippen molar-refractivity contribution in [1.82, 2.24) is 15.1 Å². The number of nitrogens with zero attached hydrogens (tertiary/aromatic N) is 3. The van der Waals surface area contributed by atoms with Crippen LogP contribution in [-0.2, 0) is 4.74 Å².